The first-order valence-electron chi connectivity index (χ1n) is 4.72. The zero-order valence-electron chi connectivity index (χ0n) is 8.85. The summed E-state index contributed by atoms with van der Waals surface area (Å²) in [4.78, 5) is 5.57. The molecule has 90 valence electrons. The maximum absolute atomic E-state index is 11.2. The molecule has 0 aliphatic heterocycles. The van der Waals surface area contributed by atoms with E-state index in [4.69, 9.17) is 15.6 Å². The van der Waals surface area contributed by atoms with E-state index in [9.17, 15) is 8.42 Å². The lowest BCUT2D eigenvalue weighted by atomic mass is 9.94. The maximum Gasteiger partial charge on any atom is 0.410 e. The normalized spacial score (nSPS) is 13.8. The second-order valence-electron chi connectivity index (χ2n) is 3.46. The zero-order valence-corrected chi connectivity index (χ0v) is 9.66. The van der Waals surface area contributed by atoms with E-state index in [0.717, 1.165) is 0 Å². The summed E-state index contributed by atoms with van der Waals surface area (Å²) in [6.45, 7) is 0. The molecule has 1 aromatic carbocycles. The van der Waals surface area contributed by atoms with Crippen molar-refractivity contribution in [3.05, 3.63) is 46.5 Å². The van der Waals surface area contributed by atoms with Gasteiger partial charge in [-0.25, -0.2) is 0 Å². The van der Waals surface area contributed by atoms with Crippen molar-refractivity contribution in [3.8, 4) is 0 Å². The van der Waals surface area contributed by atoms with Crippen LogP contribution in [0.3, 0.4) is 0 Å². The summed E-state index contributed by atoms with van der Waals surface area (Å²) in [7, 11) is -4.39. The highest BCUT2D eigenvalue weighted by molar-refractivity contribution is 7.86. The summed E-state index contributed by atoms with van der Waals surface area (Å²) >= 11 is 0. The fourth-order valence-corrected chi connectivity index (χ4v) is 2.42. The van der Waals surface area contributed by atoms with Gasteiger partial charge in [0.2, 0.25) is 0 Å². The summed E-state index contributed by atoms with van der Waals surface area (Å²) < 4.78 is 31.5. The van der Waals surface area contributed by atoms with Crippen LogP contribution in [0, 0.1) is 0 Å². The molecule has 0 aromatic heterocycles. The summed E-state index contributed by atoms with van der Waals surface area (Å²) in [5, 5.41) is 0. The third kappa shape index (κ3) is 1.81. The minimum Gasteiger partial charge on any atom is -0.360 e. The van der Waals surface area contributed by atoms with Crippen LogP contribution >= 0.6 is 0 Å². The van der Waals surface area contributed by atoms with E-state index < -0.39 is 10.1 Å². The topological polar surface area (TPSA) is 127 Å². The Kier molecular flexibility index (Phi) is 2.78. The fraction of sp³-hybridized carbons (Fsp3) is 0. The molecule has 1 aliphatic rings. The third-order valence-electron chi connectivity index (χ3n) is 2.46. The molecule has 0 radical (unpaired) electrons. The average Bonchev–Trinajstić information content (AvgIpc) is 2.35. The van der Waals surface area contributed by atoms with Gasteiger partial charge in [-0.1, -0.05) is 6.07 Å². The number of rotatable bonds is 1. The average molecular weight is 262 g/mol. The number of benzene rings is 1. The molecule has 2 rings (SSSR count). The molecule has 0 fully saturated rings. The zero-order chi connectivity index (χ0) is 13.3. The molecule has 0 amide bonds. The Balaban J connectivity index is 2.88. The molecule has 0 heterocycles. The molecule has 7 nitrogen and oxygen atoms in total. The largest absolute Gasteiger partial charge is 0.410 e. The minimum absolute atomic E-state index is 0.0162. The van der Waals surface area contributed by atoms with Crippen LogP contribution in [0.1, 0.15) is 11.1 Å². The van der Waals surface area contributed by atoms with Crippen molar-refractivity contribution in [2.24, 2.45) is 0 Å². The third-order valence-corrected chi connectivity index (χ3v) is 3.37. The second-order valence-corrected chi connectivity index (χ2v) is 4.85. The van der Waals surface area contributed by atoms with Crippen molar-refractivity contribution >= 4 is 27.6 Å². The van der Waals surface area contributed by atoms with Crippen LogP contribution in [0.4, 0.5) is 0 Å². The lowest BCUT2D eigenvalue weighted by molar-refractivity contribution is -0.0222. The molecular weight excluding hydrogens is 256 g/mol. The Labute approximate surface area is 102 Å². The van der Waals surface area contributed by atoms with Crippen LogP contribution < -0.4 is 0 Å². The van der Waals surface area contributed by atoms with E-state index in [0.29, 0.717) is 0 Å². The molecule has 0 saturated carbocycles. The van der Waals surface area contributed by atoms with Crippen LogP contribution in [0.15, 0.2) is 29.2 Å². The molecule has 0 bridgehead atoms. The van der Waals surface area contributed by atoms with Gasteiger partial charge in [0, 0.05) is 11.6 Å². The first kappa shape index (κ1) is 12.1. The molecule has 18 heavy (non-hydrogen) atoms. The Morgan fingerprint density at radius 3 is 2.39 bits per heavy atom. The van der Waals surface area contributed by atoms with Gasteiger partial charge in [-0.15, -0.1) is 0 Å². The summed E-state index contributed by atoms with van der Waals surface area (Å²) in [6.07, 6.45) is 2.62. The van der Waals surface area contributed by atoms with E-state index >= 15 is 0 Å². The van der Waals surface area contributed by atoms with Gasteiger partial charge < -0.3 is 11.1 Å². The highest BCUT2D eigenvalue weighted by Gasteiger charge is 2.34. The number of nitrogens with zero attached hydrogens (tertiary/aromatic N) is 4. The maximum atomic E-state index is 11.2. The molecule has 1 aliphatic carbocycles. The van der Waals surface area contributed by atoms with Crippen molar-refractivity contribution in [2.75, 3.05) is 0 Å². The van der Waals surface area contributed by atoms with Crippen LogP contribution in [-0.2, 0) is 10.1 Å². The smallest absolute Gasteiger partial charge is 0.360 e. The predicted octanol–water partition coefficient (Wildman–Crippen LogP) is 0.650. The van der Waals surface area contributed by atoms with Crippen LogP contribution in [-0.4, -0.2) is 34.0 Å². The number of fused-ring (bicyclic) bond motifs is 1. The molecule has 0 saturated heterocycles. The summed E-state index contributed by atoms with van der Waals surface area (Å²) in [6, 6.07) is 4.07. The first-order chi connectivity index (χ1) is 8.49. The van der Waals surface area contributed by atoms with Gasteiger partial charge in [-0.3, -0.25) is 4.55 Å². The van der Waals surface area contributed by atoms with Crippen molar-refractivity contribution in [2.45, 2.75) is 4.90 Å². The Morgan fingerprint density at radius 1 is 1.11 bits per heavy atom. The highest BCUT2D eigenvalue weighted by Crippen LogP contribution is 2.24. The summed E-state index contributed by atoms with van der Waals surface area (Å²) in [5.41, 5.74) is 17.9. The predicted molar refractivity (Wildman–Crippen MR) is 61.6 cm³/mol. The lowest BCUT2D eigenvalue weighted by Gasteiger charge is -2.07. The fourth-order valence-electron chi connectivity index (χ4n) is 1.71. The van der Waals surface area contributed by atoms with Gasteiger partial charge >= 0.3 is 11.4 Å². The SMILES string of the molecule is [N-]=[N+]=C1C=Cc2c(cccc2S(=O)(=O)O)C1=[N+]=[N-]. The Morgan fingerprint density at radius 2 is 1.83 bits per heavy atom. The Bertz CT molecular complexity index is 766. The number of allylic oxidation sites excluding steroid dienone is 1. The van der Waals surface area contributed by atoms with E-state index in [1.807, 2.05) is 0 Å². The number of hydrogen-bond acceptors (Lipinski definition) is 2. The molecule has 1 N–H and O–H groups in total. The van der Waals surface area contributed by atoms with Gasteiger partial charge in [-0.05, 0) is 18.2 Å². The van der Waals surface area contributed by atoms with Crippen LogP contribution in [0.2, 0.25) is 0 Å². The standard InChI is InChI=1S/C10H6N4O3S/c11-13-8-5-4-6-7(10(8)14-12)2-1-3-9(6)18(15,16)17/h1-5H,(H,15,16,17). The Hall–Kier alpha value is -2.37. The minimum atomic E-state index is -4.39. The van der Waals surface area contributed by atoms with Crippen molar-refractivity contribution in [1.82, 2.24) is 0 Å². The molecule has 8 heteroatoms. The first-order valence-corrected chi connectivity index (χ1v) is 6.16. The van der Waals surface area contributed by atoms with Crippen molar-refractivity contribution < 1.29 is 22.6 Å². The monoisotopic (exact) mass is 262 g/mol. The molecule has 1 aromatic rings. The molecule has 0 atom stereocenters. The highest BCUT2D eigenvalue weighted by atomic mass is 32.2. The van der Waals surface area contributed by atoms with Gasteiger partial charge in [0.1, 0.15) is 4.90 Å². The molecular formula is C10H6N4O3S. The number of hydrogen-bond donors (Lipinski definition) is 1. The van der Waals surface area contributed by atoms with E-state index in [-0.39, 0.29) is 27.4 Å². The van der Waals surface area contributed by atoms with Gasteiger partial charge in [0.15, 0.2) is 0 Å². The van der Waals surface area contributed by atoms with Gasteiger partial charge in [0.05, 0.1) is 5.56 Å². The van der Waals surface area contributed by atoms with Gasteiger partial charge in [0.25, 0.3) is 10.1 Å². The van der Waals surface area contributed by atoms with Crippen molar-refractivity contribution in [3.63, 3.8) is 0 Å². The molecule has 0 unspecified atom stereocenters. The lowest BCUT2D eigenvalue weighted by Crippen LogP contribution is -2.21. The second kappa shape index (κ2) is 4.14. The summed E-state index contributed by atoms with van der Waals surface area (Å²) in [5.74, 6) is 0. The quantitative estimate of drug-likeness (QED) is 0.453. The van der Waals surface area contributed by atoms with Crippen LogP contribution in [0.5, 0.6) is 0 Å². The molecule has 0 spiro atoms. The van der Waals surface area contributed by atoms with E-state index in [2.05, 4.69) is 9.58 Å². The van der Waals surface area contributed by atoms with E-state index in [1.54, 1.807) is 0 Å². The van der Waals surface area contributed by atoms with Crippen LogP contribution in [0.25, 0.3) is 17.1 Å². The van der Waals surface area contributed by atoms with Crippen molar-refractivity contribution in [1.29, 1.82) is 0 Å². The van der Waals surface area contributed by atoms with Gasteiger partial charge in [-0.2, -0.15) is 18.0 Å². The van der Waals surface area contributed by atoms with E-state index in [1.165, 1.54) is 30.4 Å².